The van der Waals surface area contributed by atoms with E-state index in [9.17, 15) is 4.79 Å². The number of carboxylic acids is 1. The average molecular weight is 350 g/mol. The highest BCUT2D eigenvalue weighted by molar-refractivity contribution is 9.10. The fourth-order valence-corrected chi connectivity index (χ4v) is 2.41. The van der Waals surface area contributed by atoms with Crippen LogP contribution in [0.5, 0.6) is 5.75 Å². The van der Waals surface area contributed by atoms with Crippen molar-refractivity contribution in [2.24, 2.45) is 5.73 Å². The smallest absolute Gasteiger partial charge is 0.320 e. The summed E-state index contributed by atoms with van der Waals surface area (Å²) in [6, 6.07) is 14.5. The third-order valence-electron chi connectivity index (χ3n) is 3.01. The van der Waals surface area contributed by atoms with E-state index < -0.39 is 12.0 Å². The van der Waals surface area contributed by atoms with E-state index in [4.69, 9.17) is 15.6 Å². The predicted molar refractivity (Wildman–Crippen MR) is 84.2 cm³/mol. The van der Waals surface area contributed by atoms with Gasteiger partial charge in [-0.15, -0.1) is 0 Å². The Kier molecular flexibility index (Phi) is 5.36. The van der Waals surface area contributed by atoms with Crippen LogP contribution in [0.25, 0.3) is 0 Å². The van der Waals surface area contributed by atoms with Crippen LogP contribution < -0.4 is 10.5 Å². The summed E-state index contributed by atoms with van der Waals surface area (Å²) in [4.78, 5) is 10.8. The Balaban J connectivity index is 2.00. The Labute approximate surface area is 131 Å². The van der Waals surface area contributed by atoms with Gasteiger partial charge in [0.15, 0.2) is 0 Å². The number of carboxylic acid groups (broad SMARTS) is 1. The molecular weight excluding hydrogens is 334 g/mol. The molecule has 0 aliphatic heterocycles. The van der Waals surface area contributed by atoms with Gasteiger partial charge in [-0.25, -0.2) is 0 Å². The summed E-state index contributed by atoms with van der Waals surface area (Å²) in [5.74, 6) is -0.290. The van der Waals surface area contributed by atoms with Crippen molar-refractivity contribution in [3.63, 3.8) is 0 Å². The SMILES string of the molecule is NC(Cc1ccc(OCc2ccccc2)c(Br)c1)C(=O)O. The second-order valence-electron chi connectivity index (χ2n) is 4.69. The molecule has 0 heterocycles. The van der Waals surface area contributed by atoms with Gasteiger partial charge in [-0.3, -0.25) is 4.79 Å². The molecule has 3 N–H and O–H groups in total. The molecule has 0 radical (unpaired) electrons. The third kappa shape index (κ3) is 4.58. The van der Waals surface area contributed by atoms with Crippen LogP contribution in [0.1, 0.15) is 11.1 Å². The first-order valence-electron chi connectivity index (χ1n) is 6.50. The fraction of sp³-hybridized carbons (Fsp3) is 0.188. The molecular formula is C16H16BrNO3. The minimum Gasteiger partial charge on any atom is -0.488 e. The van der Waals surface area contributed by atoms with Crippen molar-refractivity contribution < 1.29 is 14.6 Å². The lowest BCUT2D eigenvalue weighted by molar-refractivity contribution is -0.138. The molecule has 4 nitrogen and oxygen atoms in total. The second-order valence-corrected chi connectivity index (χ2v) is 5.54. The van der Waals surface area contributed by atoms with Crippen LogP contribution >= 0.6 is 15.9 Å². The van der Waals surface area contributed by atoms with Gasteiger partial charge in [0.2, 0.25) is 0 Å². The maximum absolute atomic E-state index is 10.8. The molecule has 0 bridgehead atoms. The molecule has 0 saturated heterocycles. The van der Waals surface area contributed by atoms with Crippen molar-refractivity contribution in [2.75, 3.05) is 0 Å². The molecule has 2 aromatic carbocycles. The normalized spacial score (nSPS) is 11.9. The summed E-state index contributed by atoms with van der Waals surface area (Å²) in [7, 11) is 0. The van der Waals surface area contributed by atoms with Gasteiger partial charge in [-0.1, -0.05) is 36.4 Å². The highest BCUT2D eigenvalue weighted by Crippen LogP contribution is 2.27. The van der Waals surface area contributed by atoms with E-state index in [2.05, 4.69) is 15.9 Å². The Morgan fingerprint density at radius 2 is 1.90 bits per heavy atom. The molecule has 1 unspecified atom stereocenters. The number of carbonyl (C=O) groups is 1. The van der Waals surface area contributed by atoms with Crippen LogP contribution in [0.15, 0.2) is 53.0 Å². The molecule has 110 valence electrons. The van der Waals surface area contributed by atoms with Crippen LogP contribution in [0, 0.1) is 0 Å². The minimum atomic E-state index is -1.00. The van der Waals surface area contributed by atoms with Crippen molar-refractivity contribution in [1.29, 1.82) is 0 Å². The minimum absolute atomic E-state index is 0.285. The van der Waals surface area contributed by atoms with Gasteiger partial charge in [-0.2, -0.15) is 0 Å². The van der Waals surface area contributed by atoms with E-state index in [1.165, 1.54) is 0 Å². The van der Waals surface area contributed by atoms with Gasteiger partial charge < -0.3 is 15.6 Å². The molecule has 0 aliphatic carbocycles. The number of halogens is 1. The van der Waals surface area contributed by atoms with E-state index in [0.717, 1.165) is 15.6 Å². The fourth-order valence-electron chi connectivity index (χ4n) is 1.86. The molecule has 0 saturated carbocycles. The molecule has 0 fully saturated rings. The molecule has 0 aromatic heterocycles. The third-order valence-corrected chi connectivity index (χ3v) is 3.63. The van der Waals surface area contributed by atoms with Gasteiger partial charge in [0.25, 0.3) is 0 Å². The van der Waals surface area contributed by atoms with Crippen LogP contribution in [-0.2, 0) is 17.8 Å². The highest BCUT2D eigenvalue weighted by Gasteiger charge is 2.13. The summed E-state index contributed by atoms with van der Waals surface area (Å²) < 4.78 is 6.52. The first-order chi connectivity index (χ1) is 10.1. The van der Waals surface area contributed by atoms with Crippen LogP contribution in [0.3, 0.4) is 0 Å². The summed E-state index contributed by atoms with van der Waals surface area (Å²) in [6.45, 7) is 0.480. The zero-order valence-corrected chi connectivity index (χ0v) is 12.9. The highest BCUT2D eigenvalue weighted by atomic mass is 79.9. The number of hydrogen-bond donors (Lipinski definition) is 2. The van der Waals surface area contributed by atoms with E-state index in [-0.39, 0.29) is 6.42 Å². The van der Waals surface area contributed by atoms with Crippen molar-refractivity contribution in [2.45, 2.75) is 19.1 Å². The Hall–Kier alpha value is -1.85. The van der Waals surface area contributed by atoms with E-state index in [1.54, 1.807) is 0 Å². The summed E-state index contributed by atoms with van der Waals surface area (Å²) in [5, 5.41) is 8.82. The lowest BCUT2D eigenvalue weighted by Gasteiger charge is -2.11. The summed E-state index contributed by atoms with van der Waals surface area (Å²) >= 11 is 3.43. The molecule has 0 amide bonds. The lowest BCUT2D eigenvalue weighted by Crippen LogP contribution is -2.32. The van der Waals surface area contributed by atoms with Crippen molar-refractivity contribution >= 4 is 21.9 Å². The van der Waals surface area contributed by atoms with Crippen molar-refractivity contribution in [1.82, 2.24) is 0 Å². The maximum Gasteiger partial charge on any atom is 0.320 e. The first kappa shape index (κ1) is 15.5. The number of nitrogens with two attached hydrogens (primary N) is 1. The predicted octanol–water partition coefficient (Wildman–Crippen LogP) is 2.98. The largest absolute Gasteiger partial charge is 0.488 e. The van der Waals surface area contributed by atoms with Crippen LogP contribution in [0.4, 0.5) is 0 Å². The van der Waals surface area contributed by atoms with E-state index >= 15 is 0 Å². The molecule has 1 atom stereocenters. The number of benzene rings is 2. The number of aliphatic carboxylic acids is 1. The molecule has 2 rings (SSSR count). The standard InChI is InChI=1S/C16H16BrNO3/c17-13-8-12(9-14(18)16(19)20)6-7-15(13)21-10-11-4-2-1-3-5-11/h1-8,14H,9-10,18H2,(H,19,20). The molecule has 2 aromatic rings. The van der Waals surface area contributed by atoms with Gasteiger partial charge in [0.1, 0.15) is 18.4 Å². The zero-order valence-electron chi connectivity index (χ0n) is 11.3. The summed E-state index contributed by atoms with van der Waals surface area (Å²) in [6.07, 6.45) is 0.285. The average Bonchev–Trinajstić information content (AvgIpc) is 2.47. The molecule has 5 heteroatoms. The van der Waals surface area contributed by atoms with Gasteiger partial charge in [0.05, 0.1) is 4.47 Å². The van der Waals surface area contributed by atoms with Crippen molar-refractivity contribution in [3.8, 4) is 5.75 Å². The number of hydrogen-bond acceptors (Lipinski definition) is 3. The number of rotatable bonds is 6. The Morgan fingerprint density at radius 3 is 2.52 bits per heavy atom. The molecule has 0 spiro atoms. The van der Waals surface area contributed by atoms with E-state index in [1.807, 2.05) is 48.5 Å². The quantitative estimate of drug-likeness (QED) is 0.840. The van der Waals surface area contributed by atoms with Gasteiger partial charge in [-0.05, 0) is 45.6 Å². The molecule has 0 aliphatic rings. The lowest BCUT2D eigenvalue weighted by atomic mass is 10.1. The molecule has 21 heavy (non-hydrogen) atoms. The number of ether oxygens (including phenoxy) is 1. The van der Waals surface area contributed by atoms with Crippen LogP contribution in [0.2, 0.25) is 0 Å². The Morgan fingerprint density at radius 1 is 1.19 bits per heavy atom. The maximum atomic E-state index is 10.8. The Bertz CT molecular complexity index is 616. The summed E-state index contributed by atoms with van der Waals surface area (Å²) in [5.41, 5.74) is 7.46. The topological polar surface area (TPSA) is 72.5 Å². The van der Waals surface area contributed by atoms with Gasteiger partial charge >= 0.3 is 5.97 Å². The van der Waals surface area contributed by atoms with Gasteiger partial charge in [0, 0.05) is 0 Å². The van der Waals surface area contributed by atoms with Crippen LogP contribution in [-0.4, -0.2) is 17.1 Å². The zero-order chi connectivity index (χ0) is 15.2. The first-order valence-corrected chi connectivity index (χ1v) is 7.29. The van der Waals surface area contributed by atoms with E-state index in [0.29, 0.717) is 12.4 Å². The monoisotopic (exact) mass is 349 g/mol. The second kappa shape index (κ2) is 7.24. The van der Waals surface area contributed by atoms with Crippen molar-refractivity contribution in [3.05, 3.63) is 64.1 Å².